The van der Waals surface area contributed by atoms with Gasteiger partial charge in [0, 0.05) is 13.2 Å². The molecule has 0 spiro atoms. The Balaban J connectivity index is 1.58. The van der Waals surface area contributed by atoms with Crippen molar-refractivity contribution in [3.8, 4) is 0 Å². The maximum atomic E-state index is 12.1. The number of fused-ring (bicyclic) bond motifs is 1. The number of benzene rings is 1. The van der Waals surface area contributed by atoms with Crippen LogP contribution in [-0.2, 0) is 13.1 Å². The van der Waals surface area contributed by atoms with E-state index in [9.17, 15) is 4.79 Å². The van der Waals surface area contributed by atoms with Crippen molar-refractivity contribution in [2.45, 2.75) is 13.1 Å². The lowest BCUT2D eigenvalue weighted by molar-refractivity contribution is 0.206. The highest BCUT2D eigenvalue weighted by atomic mass is 32.1. The molecule has 0 fully saturated rings. The van der Waals surface area contributed by atoms with Gasteiger partial charge in [0.05, 0.1) is 29.0 Å². The van der Waals surface area contributed by atoms with E-state index in [1.165, 1.54) is 0 Å². The van der Waals surface area contributed by atoms with E-state index in [0.717, 1.165) is 20.9 Å². The molecule has 3 rings (SSSR count). The molecule has 0 atom stereocenters. The minimum Gasteiger partial charge on any atom is -0.332 e. The van der Waals surface area contributed by atoms with Crippen LogP contribution in [-0.4, -0.2) is 27.9 Å². The predicted octanol–water partition coefficient (Wildman–Crippen LogP) is 3.03. The van der Waals surface area contributed by atoms with Gasteiger partial charge in [0.25, 0.3) is 0 Å². The molecule has 0 saturated heterocycles. The highest BCUT2D eigenvalue weighted by molar-refractivity contribution is 7.18. The number of nitrogens with zero attached hydrogens (tertiary/aromatic N) is 3. The fourth-order valence-corrected chi connectivity index (χ4v) is 3.09. The summed E-state index contributed by atoms with van der Waals surface area (Å²) in [5.74, 6) is 0. The second-order valence-corrected chi connectivity index (χ2v) is 6.03. The number of carbonyl (C=O) groups is 1. The summed E-state index contributed by atoms with van der Waals surface area (Å²) in [6.07, 6.45) is 1.71. The van der Waals surface area contributed by atoms with E-state index in [4.69, 9.17) is 0 Å². The lowest BCUT2D eigenvalue weighted by atomic mass is 10.3. The molecule has 0 saturated carbocycles. The van der Waals surface area contributed by atoms with Crippen molar-refractivity contribution in [2.75, 3.05) is 7.05 Å². The first-order valence-electron chi connectivity index (χ1n) is 6.96. The van der Waals surface area contributed by atoms with Crippen molar-refractivity contribution in [1.82, 2.24) is 20.2 Å². The molecule has 0 unspecified atom stereocenters. The molecule has 22 heavy (non-hydrogen) atoms. The first-order chi connectivity index (χ1) is 10.7. The Hall–Kier alpha value is -2.47. The van der Waals surface area contributed by atoms with Crippen molar-refractivity contribution >= 4 is 27.6 Å². The molecule has 0 aliphatic heterocycles. The number of aromatic nitrogens is 2. The zero-order chi connectivity index (χ0) is 15.4. The number of rotatable bonds is 4. The standard InChI is InChI=1S/C16H16N4OS/c1-20(16(21)18-10-12-6-4-5-9-17-12)11-15-19-13-7-2-3-8-14(13)22-15/h2-9H,10-11H2,1H3,(H,18,21). The number of pyridine rings is 1. The first-order valence-corrected chi connectivity index (χ1v) is 7.77. The Morgan fingerprint density at radius 2 is 2.05 bits per heavy atom. The monoisotopic (exact) mass is 312 g/mol. The van der Waals surface area contributed by atoms with Gasteiger partial charge < -0.3 is 10.2 Å². The molecular formula is C16H16N4OS. The Morgan fingerprint density at radius 1 is 1.23 bits per heavy atom. The minimum absolute atomic E-state index is 0.134. The van der Waals surface area contributed by atoms with Gasteiger partial charge in [-0.2, -0.15) is 0 Å². The average Bonchev–Trinajstić information content (AvgIpc) is 2.95. The van der Waals surface area contributed by atoms with Crippen LogP contribution in [0.2, 0.25) is 0 Å². The summed E-state index contributed by atoms with van der Waals surface area (Å²) in [6.45, 7) is 0.914. The lowest BCUT2D eigenvalue weighted by Gasteiger charge is -2.16. The number of urea groups is 1. The molecule has 1 N–H and O–H groups in total. The number of hydrogen-bond acceptors (Lipinski definition) is 4. The Morgan fingerprint density at radius 3 is 2.82 bits per heavy atom. The maximum absolute atomic E-state index is 12.1. The smallest absolute Gasteiger partial charge is 0.317 e. The molecule has 3 aromatic rings. The fourth-order valence-electron chi connectivity index (χ4n) is 2.07. The van der Waals surface area contributed by atoms with Crippen LogP contribution in [0.3, 0.4) is 0 Å². The van der Waals surface area contributed by atoms with Gasteiger partial charge in [0.2, 0.25) is 0 Å². The highest BCUT2D eigenvalue weighted by Crippen LogP contribution is 2.22. The van der Waals surface area contributed by atoms with Crippen LogP contribution in [0, 0.1) is 0 Å². The molecule has 2 heterocycles. The topological polar surface area (TPSA) is 58.1 Å². The van der Waals surface area contributed by atoms with Crippen LogP contribution >= 0.6 is 11.3 Å². The molecule has 6 heteroatoms. The Labute approximate surface area is 132 Å². The molecule has 0 radical (unpaired) electrons. The normalized spacial score (nSPS) is 10.6. The second-order valence-electron chi connectivity index (χ2n) is 4.91. The summed E-state index contributed by atoms with van der Waals surface area (Å²) in [6, 6.07) is 13.5. The summed E-state index contributed by atoms with van der Waals surface area (Å²) in [7, 11) is 1.76. The summed E-state index contributed by atoms with van der Waals surface area (Å²) < 4.78 is 1.14. The van der Waals surface area contributed by atoms with Gasteiger partial charge in [-0.25, -0.2) is 9.78 Å². The van der Waals surface area contributed by atoms with Crippen molar-refractivity contribution in [3.05, 3.63) is 59.4 Å². The third-order valence-electron chi connectivity index (χ3n) is 3.20. The summed E-state index contributed by atoms with van der Waals surface area (Å²) in [5.41, 5.74) is 1.81. The van der Waals surface area contributed by atoms with Gasteiger partial charge in [-0.3, -0.25) is 4.98 Å². The van der Waals surface area contributed by atoms with E-state index in [1.807, 2.05) is 42.5 Å². The molecule has 2 amide bonds. The third kappa shape index (κ3) is 3.40. The number of amides is 2. The molecule has 0 bridgehead atoms. The van der Waals surface area contributed by atoms with E-state index in [1.54, 1.807) is 29.5 Å². The van der Waals surface area contributed by atoms with Gasteiger partial charge in [-0.05, 0) is 24.3 Å². The van der Waals surface area contributed by atoms with Crippen molar-refractivity contribution in [1.29, 1.82) is 0 Å². The van der Waals surface area contributed by atoms with E-state index in [-0.39, 0.29) is 6.03 Å². The maximum Gasteiger partial charge on any atom is 0.317 e. The molecule has 2 aromatic heterocycles. The molecule has 1 aromatic carbocycles. The summed E-state index contributed by atoms with van der Waals surface area (Å²) in [4.78, 5) is 22.4. The van der Waals surface area contributed by atoms with Crippen molar-refractivity contribution in [3.63, 3.8) is 0 Å². The van der Waals surface area contributed by atoms with Gasteiger partial charge in [0.15, 0.2) is 0 Å². The van der Waals surface area contributed by atoms with Crippen molar-refractivity contribution < 1.29 is 4.79 Å². The van der Waals surface area contributed by atoms with Crippen molar-refractivity contribution in [2.24, 2.45) is 0 Å². The van der Waals surface area contributed by atoms with Gasteiger partial charge in [-0.1, -0.05) is 18.2 Å². The van der Waals surface area contributed by atoms with E-state index in [2.05, 4.69) is 15.3 Å². The van der Waals surface area contributed by atoms with Crippen LogP contribution in [0.15, 0.2) is 48.7 Å². The Bertz CT molecular complexity index is 739. The van der Waals surface area contributed by atoms with Crippen LogP contribution in [0.1, 0.15) is 10.7 Å². The first kappa shape index (κ1) is 14.5. The van der Waals surface area contributed by atoms with Gasteiger partial charge >= 0.3 is 6.03 Å². The molecule has 0 aliphatic carbocycles. The quantitative estimate of drug-likeness (QED) is 0.805. The summed E-state index contributed by atoms with van der Waals surface area (Å²) in [5, 5.41) is 3.78. The predicted molar refractivity (Wildman–Crippen MR) is 87.6 cm³/mol. The largest absolute Gasteiger partial charge is 0.332 e. The van der Waals surface area contributed by atoms with Crippen LogP contribution in [0.4, 0.5) is 4.79 Å². The number of thiazole rings is 1. The van der Waals surface area contributed by atoms with Gasteiger partial charge in [-0.15, -0.1) is 11.3 Å². The minimum atomic E-state index is -0.134. The number of para-hydroxylation sites is 1. The zero-order valence-corrected chi connectivity index (χ0v) is 13.0. The van der Waals surface area contributed by atoms with E-state index in [0.29, 0.717) is 13.1 Å². The molecular weight excluding hydrogens is 296 g/mol. The molecule has 0 aliphatic rings. The highest BCUT2D eigenvalue weighted by Gasteiger charge is 2.11. The SMILES string of the molecule is CN(Cc1nc2ccccc2s1)C(=O)NCc1ccccn1. The van der Waals surface area contributed by atoms with E-state index < -0.39 is 0 Å². The fraction of sp³-hybridized carbons (Fsp3) is 0.188. The molecule has 5 nitrogen and oxygen atoms in total. The lowest BCUT2D eigenvalue weighted by Crippen LogP contribution is -2.36. The van der Waals surface area contributed by atoms with Gasteiger partial charge in [0.1, 0.15) is 5.01 Å². The number of hydrogen-bond donors (Lipinski definition) is 1. The second kappa shape index (κ2) is 6.53. The average molecular weight is 312 g/mol. The molecule has 112 valence electrons. The zero-order valence-electron chi connectivity index (χ0n) is 12.2. The van der Waals surface area contributed by atoms with Crippen LogP contribution in [0.5, 0.6) is 0 Å². The summed E-state index contributed by atoms with van der Waals surface area (Å²) >= 11 is 1.61. The third-order valence-corrected chi connectivity index (χ3v) is 4.23. The number of carbonyl (C=O) groups excluding carboxylic acids is 1. The van der Waals surface area contributed by atoms with Crippen LogP contribution < -0.4 is 5.32 Å². The van der Waals surface area contributed by atoms with Crippen LogP contribution in [0.25, 0.3) is 10.2 Å². The van der Waals surface area contributed by atoms with E-state index >= 15 is 0 Å². The number of nitrogens with one attached hydrogen (secondary N) is 1. The Kier molecular flexibility index (Phi) is 4.29.